The van der Waals surface area contributed by atoms with Crippen LogP contribution in [0.25, 0.3) is 80.2 Å². The summed E-state index contributed by atoms with van der Waals surface area (Å²) in [6.45, 7) is 2.29. The van der Waals surface area contributed by atoms with Crippen molar-refractivity contribution in [2.75, 3.05) is 0 Å². The van der Waals surface area contributed by atoms with Gasteiger partial charge in [-0.3, -0.25) is 0 Å². The number of fused-ring (bicyclic) bond motifs is 10. The molecule has 264 valence electrons. The molecule has 1 unspecified atom stereocenters. The van der Waals surface area contributed by atoms with Gasteiger partial charge < -0.3 is 9.13 Å². The Bertz CT molecular complexity index is 3400. The highest BCUT2D eigenvalue weighted by molar-refractivity contribution is 7.25. The lowest BCUT2D eigenvalue weighted by molar-refractivity contribution is 0.464. The van der Waals surface area contributed by atoms with Crippen LogP contribution in [-0.2, 0) is 0 Å². The van der Waals surface area contributed by atoms with Crippen molar-refractivity contribution in [1.29, 1.82) is 0 Å². The predicted molar refractivity (Wildman–Crippen MR) is 238 cm³/mol. The van der Waals surface area contributed by atoms with Gasteiger partial charge in [0.15, 0.2) is 5.84 Å². The highest BCUT2D eigenvalue weighted by Crippen LogP contribution is 2.43. The Balaban J connectivity index is 1.19. The lowest BCUT2D eigenvalue weighted by Gasteiger charge is -2.30. The van der Waals surface area contributed by atoms with Crippen LogP contribution in [0.5, 0.6) is 0 Å². The Hall–Kier alpha value is -6.82. The normalized spacial score (nSPS) is 16.2. The number of nitrogens with zero attached hydrogens (tertiary/aromatic N) is 4. The van der Waals surface area contributed by atoms with E-state index in [1.165, 1.54) is 74.6 Å². The molecular weight excluding hydrogens is 701 g/mol. The van der Waals surface area contributed by atoms with Crippen LogP contribution in [-0.4, -0.2) is 20.7 Å². The predicted octanol–water partition coefficient (Wildman–Crippen LogP) is 13.5. The van der Waals surface area contributed by atoms with E-state index in [0.29, 0.717) is 0 Å². The molecule has 5 heteroatoms. The summed E-state index contributed by atoms with van der Waals surface area (Å²) in [6, 6.07) is 63.9. The van der Waals surface area contributed by atoms with Crippen molar-refractivity contribution in [3.63, 3.8) is 0 Å². The third kappa shape index (κ3) is 4.58. The monoisotopic (exact) mass is 734 g/mol. The molecule has 11 aromatic rings. The Morgan fingerprint density at radius 2 is 1.09 bits per heavy atom. The quantitative estimate of drug-likeness (QED) is 0.173. The summed E-state index contributed by atoms with van der Waals surface area (Å²) in [6.07, 6.45) is -0.231. The van der Waals surface area contributed by atoms with Crippen molar-refractivity contribution in [1.82, 2.24) is 9.13 Å². The maximum absolute atomic E-state index is 5.76. The molecule has 8 aromatic carbocycles. The van der Waals surface area contributed by atoms with Crippen LogP contribution < -0.4 is 0 Å². The van der Waals surface area contributed by atoms with Gasteiger partial charge in [-0.1, -0.05) is 134 Å². The van der Waals surface area contributed by atoms with Crippen molar-refractivity contribution in [3.05, 3.63) is 187 Å². The highest BCUT2D eigenvalue weighted by atomic mass is 32.1. The molecule has 1 aliphatic heterocycles. The van der Waals surface area contributed by atoms with Gasteiger partial charge in [0.05, 0.1) is 27.8 Å². The van der Waals surface area contributed by atoms with Crippen LogP contribution in [0, 0.1) is 5.92 Å². The molecule has 0 saturated carbocycles. The molecule has 0 saturated heterocycles. The molecule has 2 atom stereocenters. The fourth-order valence-corrected chi connectivity index (χ4v) is 10.5. The van der Waals surface area contributed by atoms with Crippen LogP contribution in [0.3, 0.4) is 0 Å². The highest BCUT2D eigenvalue weighted by Gasteiger charge is 2.33. The summed E-state index contributed by atoms with van der Waals surface area (Å²) in [5, 5.41) is 9.87. The number of thiophene rings is 1. The first kappa shape index (κ1) is 31.5. The molecular formula is C51H34N4S. The summed E-state index contributed by atoms with van der Waals surface area (Å²) >= 11 is 1.84. The topological polar surface area (TPSA) is 34.6 Å². The van der Waals surface area contributed by atoms with Gasteiger partial charge in [-0.2, -0.15) is 0 Å². The van der Waals surface area contributed by atoms with Crippen LogP contribution in [0.15, 0.2) is 186 Å². The van der Waals surface area contributed by atoms with Crippen LogP contribution in [0.4, 0.5) is 0 Å². The van der Waals surface area contributed by atoms with E-state index in [1.54, 1.807) is 0 Å². The third-order valence-electron chi connectivity index (χ3n) is 11.8. The van der Waals surface area contributed by atoms with E-state index in [9.17, 15) is 0 Å². The molecule has 0 fully saturated rings. The minimum absolute atomic E-state index is 0.00358. The van der Waals surface area contributed by atoms with Gasteiger partial charge in [-0.15, -0.1) is 11.3 Å². The van der Waals surface area contributed by atoms with E-state index in [4.69, 9.17) is 9.98 Å². The number of amidine groups is 1. The molecule has 0 aliphatic carbocycles. The molecule has 0 bridgehead atoms. The lowest BCUT2D eigenvalue weighted by atomic mass is 9.93. The number of rotatable bonds is 4. The van der Waals surface area contributed by atoms with Gasteiger partial charge in [0.2, 0.25) is 0 Å². The molecule has 1 aliphatic rings. The first-order chi connectivity index (χ1) is 27.7. The second-order valence-corrected chi connectivity index (χ2v) is 16.0. The Labute approximate surface area is 326 Å². The van der Waals surface area contributed by atoms with Gasteiger partial charge >= 0.3 is 0 Å². The smallest absolute Gasteiger partial charge is 0.157 e. The zero-order valence-electron chi connectivity index (χ0n) is 30.6. The molecule has 0 amide bonds. The summed E-state index contributed by atoms with van der Waals surface area (Å²) in [5.74, 6) is 0.763. The van der Waals surface area contributed by atoms with Gasteiger partial charge in [-0.05, 0) is 64.9 Å². The fourth-order valence-electron chi connectivity index (χ4n) is 9.29. The molecule has 3 aromatic heterocycles. The van der Waals surface area contributed by atoms with E-state index in [-0.39, 0.29) is 12.1 Å². The zero-order valence-corrected chi connectivity index (χ0v) is 31.4. The SMILES string of the molecule is CC1C(c2ccccc2)=NC(c2cc(-n3c4ccccc4c4cc5ccccc5cc43)cc3sc4ccccc4c23)=N[C@H]1n1c2ccccc2c2ccccc21. The largest absolute Gasteiger partial charge is 0.317 e. The van der Waals surface area contributed by atoms with E-state index in [0.717, 1.165) is 28.4 Å². The van der Waals surface area contributed by atoms with Crippen molar-refractivity contribution in [2.45, 2.75) is 13.1 Å². The number of aromatic nitrogens is 2. The standard InChI is InChI=1S/C51H34N4S/c1-31-49(32-15-3-2-4-16-32)52-50(53-51(31)55-43-24-12-7-19-36(43)37-20-8-13-25-44(37)55)41-29-35(30-47-48(41)39-22-10-14-26-46(39)56-47)54-42-23-11-9-21-38(42)40-27-33-17-5-6-18-34(33)28-45(40)54/h2-31,51H,1H3/t31?,51-/m0/s1. The summed E-state index contributed by atoms with van der Waals surface area (Å²) in [7, 11) is 0. The number of aliphatic imine (C=N–C) groups is 2. The minimum atomic E-state index is -0.231. The van der Waals surface area contributed by atoms with E-state index < -0.39 is 0 Å². The van der Waals surface area contributed by atoms with Gasteiger partial charge in [-0.25, -0.2) is 9.98 Å². The number of hydrogen-bond acceptors (Lipinski definition) is 3. The van der Waals surface area contributed by atoms with Crippen LogP contribution in [0.2, 0.25) is 0 Å². The van der Waals surface area contributed by atoms with Crippen molar-refractivity contribution >= 4 is 97.4 Å². The zero-order chi connectivity index (χ0) is 36.9. The summed E-state index contributed by atoms with van der Waals surface area (Å²) < 4.78 is 7.38. The van der Waals surface area contributed by atoms with Crippen molar-refractivity contribution in [3.8, 4) is 5.69 Å². The van der Waals surface area contributed by atoms with E-state index in [2.05, 4.69) is 192 Å². The van der Waals surface area contributed by atoms with E-state index >= 15 is 0 Å². The lowest BCUT2D eigenvalue weighted by Crippen LogP contribution is -2.29. The minimum Gasteiger partial charge on any atom is -0.317 e. The van der Waals surface area contributed by atoms with Gasteiger partial charge in [0, 0.05) is 58.9 Å². The first-order valence-electron chi connectivity index (χ1n) is 19.3. The second-order valence-electron chi connectivity index (χ2n) is 15.0. The second kappa shape index (κ2) is 12.1. The van der Waals surface area contributed by atoms with Crippen molar-refractivity contribution < 1.29 is 0 Å². The molecule has 0 spiro atoms. The molecule has 12 rings (SSSR count). The summed E-state index contributed by atoms with van der Waals surface area (Å²) in [4.78, 5) is 11.4. The maximum Gasteiger partial charge on any atom is 0.157 e. The van der Waals surface area contributed by atoms with Crippen LogP contribution >= 0.6 is 11.3 Å². The first-order valence-corrected chi connectivity index (χ1v) is 20.1. The number of hydrogen-bond donors (Lipinski definition) is 0. The average molecular weight is 735 g/mol. The maximum atomic E-state index is 5.76. The Kier molecular flexibility index (Phi) is 6.81. The molecule has 56 heavy (non-hydrogen) atoms. The van der Waals surface area contributed by atoms with Gasteiger partial charge in [0.25, 0.3) is 0 Å². The summed E-state index contributed by atoms with van der Waals surface area (Å²) in [5.41, 5.74) is 9.05. The van der Waals surface area contributed by atoms with Gasteiger partial charge in [0.1, 0.15) is 6.17 Å². The fraction of sp³-hybridized carbons (Fsp3) is 0.0588. The Morgan fingerprint density at radius 3 is 1.82 bits per heavy atom. The van der Waals surface area contributed by atoms with Crippen molar-refractivity contribution in [2.24, 2.45) is 15.9 Å². The Morgan fingerprint density at radius 1 is 0.500 bits per heavy atom. The molecule has 4 heterocycles. The molecule has 0 radical (unpaired) electrons. The van der Waals surface area contributed by atoms with E-state index in [1.807, 2.05) is 11.3 Å². The number of benzene rings is 8. The third-order valence-corrected chi connectivity index (χ3v) is 12.9. The average Bonchev–Trinajstić information content (AvgIpc) is 3.90. The molecule has 0 N–H and O–H groups in total. The van der Waals surface area contributed by atoms with Crippen LogP contribution in [0.1, 0.15) is 24.2 Å². The number of para-hydroxylation sites is 3. The molecule has 4 nitrogen and oxygen atoms in total.